The summed E-state index contributed by atoms with van der Waals surface area (Å²) in [6.07, 6.45) is 5.63. The molecule has 27 heavy (non-hydrogen) atoms. The van der Waals surface area contributed by atoms with Crippen molar-refractivity contribution in [1.82, 2.24) is 20.0 Å². The summed E-state index contributed by atoms with van der Waals surface area (Å²) in [7, 11) is 1.96. The fraction of sp³-hybridized carbons (Fsp3) is 0.450. The molecule has 2 heterocycles. The molecule has 2 aromatic rings. The number of carbonyl (C=O) groups is 2. The smallest absolute Gasteiger partial charge is 0.318 e. The molecule has 2 aliphatic rings. The number of amides is 3. The molecule has 1 unspecified atom stereocenters. The van der Waals surface area contributed by atoms with Crippen LogP contribution in [0, 0.1) is 0 Å². The van der Waals surface area contributed by atoms with E-state index < -0.39 is 0 Å². The molecule has 142 valence electrons. The topological polar surface area (TPSA) is 79.3 Å². The first-order valence-electron chi connectivity index (χ1n) is 9.47. The Morgan fingerprint density at radius 3 is 2.93 bits per heavy atom. The Bertz CT molecular complexity index is 888. The average Bonchev–Trinajstić information content (AvgIpc) is 3.03. The largest absolute Gasteiger partial charge is 0.331 e. The molecule has 7 nitrogen and oxygen atoms in total. The highest BCUT2D eigenvalue weighted by Gasteiger charge is 2.28. The fourth-order valence-electron chi connectivity index (χ4n) is 4.19. The SMILES string of the molecule is CC(=O)Nc1cccc2c1CCN(C(=O)NC1CCCc3c1cnn3C)C2. The number of aryl methyl sites for hydroxylation is 1. The number of carbonyl (C=O) groups excluding carboxylic acids is 2. The standard InChI is InChI=1S/C20H25N5O2/c1-13(26)22-17-6-3-5-14-12-25(10-9-15(14)17)20(27)23-18-7-4-8-19-16(18)11-21-24(19)2/h3,5-6,11,18H,4,7-10,12H2,1-2H3,(H,22,26)(H,23,27). The number of aromatic nitrogens is 2. The summed E-state index contributed by atoms with van der Waals surface area (Å²) in [5, 5.41) is 10.4. The molecule has 1 aliphatic heterocycles. The van der Waals surface area contributed by atoms with E-state index in [0.29, 0.717) is 13.1 Å². The number of hydrogen-bond acceptors (Lipinski definition) is 3. The van der Waals surface area contributed by atoms with Gasteiger partial charge in [-0.25, -0.2) is 4.79 Å². The van der Waals surface area contributed by atoms with Crippen LogP contribution in [-0.4, -0.2) is 33.2 Å². The highest BCUT2D eigenvalue weighted by atomic mass is 16.2. The number of nitrogens with one attached hydrogen (secondary N) is 2. The molecular weight excluding hydrogens is 342 g/mol. The second kappa shape index (κ2) is 7.06. The number of fused-ring (bicyclic) bond motifs is 2. The molecule has 0 radical (unpaired) electrons. The van der Waals surface area contributed by atoms with E-state index in [1.54, 1.807) is 0 Å². The predicted molar refractivity (Wildman–Crippen MR) is 102 cm³/mol. The van der Waals surface area contributed by atoms with Crippen LogP contribution < -0.4 is 10.6 Å². The lowest BCUT2D eigenvalue weighted by Crippen LogP contribution is -2.44. The maximum absolute atomic E-state index is 12.9. The van der Waals surface area contributed by atoms with Gasteiger partial charge in [-0.2, -0.15) is 5.10 Å². The summed E-state index contributed by atoms with van der Waals surface area (Å²) in [5.41, 5.74) is 5.43. The van der Waals surface area contributed by atoms with Crippen LogP contribution >= 0.6 is 0 Å². The van der Waals surface area contributed by atoms with Gasteiger partial charge in [0.25, 0.3) is 0 Å². The van der Waals surface area contributed by atoms with Gasteiger partial charge < -0.3 is 15.5 Å². The van der Waals surface area contributed by atoms with Crippen LogP contribution in [0.25, 0.3) is 0 Å². The monoisotopic (exact) mass is 367 g/mol. The summed E-state index contributed by atoms with van der Waals surface area (Å²) in [4.78, 5) is 26.1. The average molecular weight is 367 g/mol. The Labute approximate surface area is 158 Å². The van der Waals surface area contributed by atoms with Crippen LogP contribution in [0.4, 0.5) is 10.5 Å². The minimum absolute atomic E-state index is 0.0297. The minimum Gasteiger partial charge on any atom is -0.331 e. The molecule has 0 saturated carbocycles. The number of urea groups is 1. The van der Waals surface area contributed by atoms with Gasteiger partial charge >= 0.3 is 6.03 Å². The number of benzene rings is 1. The van der Waals surface area contributed by atoms with E-state index in [2.05, 4.69) is 15.7 Å². The number of rotatable bonds is 2. The molecule has 0 bridgehead atoms. The van der Waals surface area contributed by atoms with Gasteiger partial charge in [-0.1, -0.05) is 12.1 Å². The van der Waals surface area contributed by atoms with Gasteiger partial charge in [0.05, 0.1) is 12.2 Å². The van der Waals surface area contributed by atoms with Gasteiger partial charge in [0.2, 0.25) is 5.91 Å². The number of anilines is 1. The van der Waals surface area contributed by atoms with Crippen molar-refractivity contribution in [2.45, 2.75) is 45.2 Å². The summed E-state index contributed by atoms with van der Waals surface area (Å²) >= 11 is 0. The van der Waals surface area contributed by atoms with Crippen molar-refractivity contribution in [2.75, 3.05) is 11.9 Å². The van der Waals surface area contributed by atoms with Crippen molar-refractivity contribution >= 4 is 17.6 Å². The maximum Gasteiger partial charge on any atom is 0.318 e. The lowest BCUT2D eigenvalue weighted by molar-refractivity contribution is -0.114. The van der Waals surface area contributed by atoms with Crippen molar-refractivity contribution in [3.63, 3.8) is 0 Å². The first-order valence-corrected chi connectivity index (χ1v) is 9.47. The van der Waals surface area contributed by atoms with Gasteiger partial charge in [-0.3, -0.25) is 9.48 Å². The quantitative estimate of drug-likeness (QED) is 0.856. The van der Waals surface area contributed by atoms with Crippen molar-refractivity contribution in [3.8, 4) is 0 Å². The molecule has 0 fully saturated rings. The fourth-order valence-corrected chi connectivity index (χ4v) is 4.19. The molecule has 2 N–H and O–H groups in total. The lowest BCUT2D eigenvalue weighted by Gasteiger charge is -2.32. The molecule has 0 spiro atoms. The van der Waals surface area contributed by atoms with Crippen LogP contribution in [0.2, 0.25) is 0 Å². The normalized spacial score (nSPS) is 18.4. The third kappa shape index (κ3) is 3.41. The van der Waals surface area contributed by atoms with E-state index in [4.69, 9.17) is 0 Å². The zero-order valence-electron chi connectivity index (χ0n) is 15.8. The van der Waals surface area contributed by atoms with E-state index in [-0.39, 0.29) is 18.0 Å². The van der Waals surface area contributed by atoms with Crippen molar-refractivity contribution < 1.29 is 9.59 Å². The molecule has 0 saturated heterocycles. The Balaban J connectivity index is 1.47. The first kappa shape index (κ1) is 17.6. The molecular formula is C20H25N5O2. The highest BCUT2D eigenvalue weighted by molar-refractivity contribution is 5.90. The highest BCUT2D eigenvalue weighted by Crippen LogP contribution is 2.30. The molecule has 4 rings (SSSR count). The molecule has 1 atom stereocenters. The Morgan fingerprint density at radius 2 is 2.11 bits per heavy atom. The zero-order chi connectivity index (χ0) is 19.0. The van der Waals surface area contributed by atoms with Gasteiger partial charge in [0.15, 0.2) is 0 Å². The minimum atomic E-state index is -0.0758. The lowest BCUT2D eigenvalue weighted by atomic mass is 9.93. The first-order chi connectivity index (χ1) is 13.0. The van der Waals surface area contributed by atoms with Crippen LogP contribution in [-0.2, 0) is 31.2 Å². The van der Waals surface area contributed by atoms with Crippen molar-refractivity contribution in [2.24, 2.45) is 7.05 Å². The number of nitrogens with zero attached hydrogens (tertiary/aromatic N) is 3. The number of hydrogen-bond donors (Lipinski definition) is 2. The van der Waals surface area contributed by atoms with Crippen LogP contribution in [0.5, 0.6) is 0 Å². The van der Waals surface area contributed by atoms with Gasteiger partial charge in [0, 0.05) is 44.0 Å². The summed E-state index contributed by atoms with van der Waals surface area (Å²) in [5.74, 6) is -0.0758. The van der Waals surface area contributed by atoms with Gasteiger partial charge in [-0.05, 0) is 42.9 Å². The zero-order valence-corrected chi connectivity index (χ0v) is 15.8. The van der Waals surface area contributed by atoms with E-state index >= 15 is 0 Å². The van der Waals surface area contributed by atoms with Crippen LogP contribution in [0.1, 0.15) is 48.2 Å². The van der Waals surface area contributed by atoms with Crippen molar-refractivity contribution in [3.05, 3.63) is 46.8 Å². The molecule has 1 aromatic carbocycles. The second-order valence-corrected chi connectivity index (χ2v) is 7.36. The summed E-state index contributed by atoms with van der Waals surface area (Å²) in [6, 6.07) is 5.87. The van der Waals surface area contributed by atoms with E-state index in [0.717, 1.165) is 48.1 Å². The van der Waals surface area contributed by atoms with E-state index in [1.165, 1.54) is 12.6 Å². The van der Waals surface area contributed by atoms with Crippen LogP contribution in [0.15, 0.2) is 24.4 Å². The molecule has 1 aromatic heterocycles. The molecule has 1 aliphatic carbocycles. The third-order valence-electron chi connectivity index (χ3n) is 5.54. The predicted octanol–water partition coefficient (Wildman–Crippen LogP) is 2.52. The summed E-state index contributed by atoms with van der Waals surface area (Å²) < 4.78 is 1.91. The summed E-state index contributed by atoms with van der Waals surface area (Å²) in [6.45, 7) is 2.71. The van der Waals surface area contributed by atoms with Gasteiger partial charge in [0.1, 0.15) is 0 Å². The molecule has 3 amide bonds. The van der Waals surface area contributed by atoms with E-state index in [1.807, 2.05) is 41.0 Å². The Morgan fingerprint density at radius 1 is 1.26 bits per heavy atom. The van der Waals surface area contributed by atoms with Crippen molar-refractivity contribution in [1.29, 1.82) is 0 Å². The maximum atomic E-state index is 12.9. The van der Waals surface area contributed by atoms with E-state index in [9.17, 15) is 9.59 Å². The van der Waals surface area contributed by atoms with Crippen LogP contribution in [0.3, 0.4) is 0 Å². The second-order valence-electron chi connectivity index (χ2n) is 7.36. The Hall–Kier alpha value is -2.83. The Kier molecular flexibility index (Phi) is 4.59. The molecule has 7 heteroatoms. The van der Waals surface area contributed by atoms with Gasteiger partial charge in [-0.15, -0.1) is 0 Å². The third-order valence-corrected chi connectivity index (χ3v) is 5.54.